The number of carbonyl (C=O) groups is 2. The highest BCUT2D eigenvalue weighted by atomic mass is 16.5. The molecule has 1 atom stereocenters. The van der Waals surface area contributed by atoms with Gasteiger partial charge in [0.2, 0.25) is 11.8 Å². The maximum Gasteiger partial charge on any atom is 0.245 e. The van der Waals surface area contributed by atoms with Crippen molar-refractivity contribution in [1.82, 2.24) is 10.2 Å². The van der Waals surface area contributed by atoms with E-state index in [1.165, 1.54) is 0 Å². The lowest BCUT2D eigenvalue weighted by atomic mass is 9.83. The fourth-order valence-corrected chi connectivity index (χ4v) is 4.88. The number of carbonyl (C=O) groups excluding carboxylic acids is 2. The van der Waals surface area contributed by atoms with E-state index in [2.05, 4.69) is 12.2 Å². The Morgan fingerprint density at radius 2 is 1.96 bits per heavy atom. The Morgan fingerprint density at radius 1 is 1.22 bits per heavy atom. The molecular formula is C21H30N2O4. The molecule has 0 unspecified atom stereocenters. The summed E-state index contributed by atoms with van der Waals surface area (Å²) < 4.78 is 11.5. The smallest absolute Gasteiger partial charge is 0.245 e. The second-order valence-corrected chi connectivity index (χ2v) is 8.44. The molecule has 1 aromatic heterocycles. The lowest BCUT2D eigenvalue weighted by Gasteiger charge is -2.43. The maximum absolute atomic E-state index is 13.4. The minimum absolute atomic E-state index is 0.0447. The molecule has 2 amide bonds. The van der Waals surface area contributed by atoms with E-state index in [0.29, 0.717) is 18.2 Å². The van der Waals surface area contributed by atoms with Crippen molar-refractivity contribution in [3.8, 4) is 0 Å². The molecule has 1 N–H and O–H groups in total. The lowest BCUT2D eigenvalue weighted by Crippen LogP contribution is -2.58. The summed E-state index contributed by atoms with van der Waals surface area (Å²) in [6.45, 7) is 2.87. The largest absolute Gasteiger partial charge is 0.467 e. The highest BCUT2D eigenvalue weighted by Crippen LogP contribution is 2.44. The van der Waals surface area contributed by atoms with Crippen molar-refractivity contribution in [2.45, 2.75) is 76.6 Å². The van der Waals surface area contributed by atoms with Crippen molar-refractivity contribution in [1.29, 1.82) is 0 Å². The number of amides is 2. The van der Waals surface area contributed by atoms with Crippen LogP contribution in [0.2, 0.25) is 0 Å². The Morgan fingerprint density at radius 3 is 2.63 bits per heavy atom. The Balaban J connectivity index is 1.52. The van der Waals surface area contributed by atoms with Crippen LogP contribution in [-0.4, -0.2) is 35.1 Å². The maximum atomic E-state index is 13.4. The average molecular weight is 374 g/mol. The predicted octanol–water partition coefficient (Wildman–Crippen LogP) is 3.22. The van der Waals surface area contributed by atoms with E-state index in [4.69, 9.17) is 9.15 Å². The van der Waals surface area contributed by atoms with Gasteiger partial charge in [0.05, 0.1) is 19.4 Å². The van der Waals surface area contributed by atoms with Crippen LogP contribution in [0.5, 0.6) is 0 Å². The zero-order valence-electron chi connectivity index (χ0n) is 16.1. The first kappa shape index (κ1) is 18.5. The second kappa shape index (κ2) is 7.66. The molecule has 6 nitrogen and oxygen atoms in total. The summed E-state index contributed by atoms with van der Waals surface area (Å²) in [5.41, 5.74) is -0.584. The van der Waals surface area contributed by atoms with Crippen LogP contribution >= 0.6 is 0 Å². The molecule has 0 radical (unpaired) electrons. The highest BCUT2D eigenvalue weighted by molar-refractivity contribution is 5.89. The number of rotatable bonds is 4. The van der Waals surface area contributed by atoms with Gasteiger partial charge < -0.3 is 14.5 Å². The van der Waals surface area contributed by atoms with E-state index in [9.17, 15) is 9.59 Å². The molecule has 2 saturated carbocycles. The van der Waals surface area contributed by atoms with Gasteiger partial charge in [-0.3, -0.25) is 14.5 Å². The second-order valence-electron chi connectivity index (χ2n) is 8.44. The Labute approximate surface area is 160 Å². The number of nitrogens with one attached hydrogen (secondary N) is 1. The van der Waals surface area contributed by atoms with Crippen molar-refractivity contribution in [3.63, 3.8) is 0 Å². The fraction of sp³-hybridized carbons (Fsp3) is 0.714. The van der Waals surface area contributed by atoms with Crippen LogP contribution in [0.3, 0.4) is 0 Å². The van der Waals surface area contributed by atoms with Gasteiger partial charge in [0.1, 0.15) is 17.5 Å². The molecule has 2 heterocycles. The SMILES string of the molecule is CC1CCC2(CC1)OC[C@H](C(=O)NCc1ccco1)N2C(=O)C1CCCC1. The van der Waals surface area contributed by atoms with Crippen LogP contribution in [0.4, 0.5) is 0 Å². The summed E-state index contributed by atoms with van der Waals surface area (Å²) in [5, 5.41) is 2.93. The van der Waals surface area contributed by atoms with Gasteiger partial charge in [-0.25, -0.2) is 0 Å². The zero-order valence-corrected chi connectivity index (χ0v) is 16.1. The normalized spacial score (nSPS) is 31.5. The van der Waals surface area contributed by atoms with E-state index in [0.717, 1.165) is 51.4 Å². The van der Waals surface area contributed by atoms with Gasteiger partial charge in [-0.05, 0) is 56.6 Å². The van der Waals surface area contributed by atoms with Crippen molar-refractivity contribution < 1.29 is 18.7 Å². The first-order valence-corrected chi connectivity index (χ1v) is 10.4. The quantitative estimate of drug-likeness (QED) is 0.878. The zero-order chi connectivity index (χ0) is 18.9. The van der Waals surface area contributed by atoms with Gasteiger partial charge in [-0.2, -0.15) is 0 Å². The predicted molar refractivity (Wildman–Crippen MR) is 99.5 cm³/mol. The van der Waals surface area contributed by atoms with Crippen molar-refractivity contribution >= 4 is 11.8 Å². The number of ether oxygens (including phenoxy) is 1. The minimum Gasteiger partial charge on any atom is -0.467 e. The first-order valence-electron chi connectivity index (χ1n) is 10.4. The van der Waals surface area contributed by atoms with Gasteiger partial charge in [-0.1, -0.05) is 19.8 Å². The molecule has 27 heavy (non-hydrogen) atoms. The van der Waals surface area contributed by atoms with Crippen LogP contribution in [0.15, 0.2) is 22.8 Å². The number of furan rings is 1. The van der Waals surface area contributed by atoms with Crippen LogP contribution in [0.1, 0.15) is 64.1 Å². The Kier molecular flexibility index (Phi) is 5.26. The molecule has 1 spiro atoms. The summed E-state index contributed by atoms with van der Waals surface area (Å²) in [7, 11) is 0. The van der Waals surface area contributed by atoms with Crippen molar-refractivity contribution in [2.75, 3.05) is 6.61 Å². The molecule has 0 aromatic carbocycles. The van der Waals surface area contributed by atoms with Gasteiger partial charge in [0.25, 0.3) is 0 Å². The third-order valence-corrected chi connectivity index (χ3v) is 6.58. The topological polar surface area (TPSA) is 71.8 Å². The molecule has 3 aliphatic rings. The van der Waals surface area contributed by atoms with E-state index in [-0.39, 0.29) is 24.3 Å². The van der Waals surface area contributed by atoms with E-state index in [1.54, 1.807) is 12.3 Å². The van der Waals surface area contributed by atoms with Crippen LogP contribution in [0.25, 0.3) is 0 Å². The molecule has 1 saturated heterocycles. The minimum atomic E-state index is -0.584. The van der Waals surface area contributed by atoms with E-state index < -0.39 is 11.8 Å². The Hall–Kier alpha value is -1.82. The van der Waals surface area contributed by atoms with Gasteiger partial charge in [-0.15, -0.1) is 0 Å². The van der Waals surface area contributed by atoms with Crippen molar-refractivity contribution in [2.24, 2.45) is 11.8 Å². The van der Waals surface area contributed by atoms with E-state index >= 15 is 0 Å². The van der Waals surface area contributed by atoms with Gasteiger partial charge >= 0.3 is 0 Å². The summed E-state index contributed by atoms with van der Waals surface area (Å²) in [4.78, 5) is 28.2. The van der Waals surface area contributed by atoms with Crippen molar-refractivity contribution in [3.05, 3.63) is 24.2 Å². The highest BCUT2D eigenvalue weighted by Gasteiger charge is 2.54. The first-order chi connectivity index (χ1) is 13.1. The molecule has 3 fully saturated rings. The average Bonchev–Trinajstić information content (AvgIpc) is 3.43. The van der Waals surface area contributed by atoms with Crippen LogP contribution in [0, 0.1) is 11.8 Å². The molecule has 0 bridgehead atoms. The van der Waals surface area contributed by atoms with E-state index in [1.807, 2.05) is 11.0 Å². The summed E-state index contributed by atoms with van der Waals surface area (Å²) in [5.74, 6) is 1.38. The number of hydrogen-bond acceptors (Lipinski definition) is 4. The standard InChI is InChI=1S/C21H30N2O4/c1-15-8-10-21(11-9-15)23(20(25)16-5-2-3-6-16)18(14-27-21)19(24)22-13-17-7-4-12-26-17/h4,7,12,15-16,18H,2-3,5-6,8-11,13-14H2,1H3,(H,22,24)/t15?,18-,21?/m1/s1. The third kappa shape index (κ3) is 3.64. The lowest BCUT2D eigenvalue weighted by molar-refractivity contribution is -0.165. The molecule has 1 aliphatic heterocycles. The summed E-state index contributed by atoms with van der Waals surface area (Å²) >= 11 is 0. The summed E-state index contributed by atoms with van der Waals surface area (Å²) in [6.07, 6.45) is 9.39. The monoisotopic (exact) mass is 374 g/mol. The number of nitrogens with zero attached hydrogens (tertiary/aromatic N) is 1. The molecular weight excluding hydrogens is 344 g/mol. The molecule has 6 heteroatoms. The Bertz CT molecular complexity index is 658. The third-order valence-electron chi connectivity index (χ3n) is 6.58. The number of hydrogen-bond donors (Lipinski definition) is 1. The molecule has 2 aliphatic carbocycles. The molecule has 4 rings (SSSR count). The van der Waals surface area contributed by atoms with Crippen LogP contribution < -0.4 is 5.32 Å². The molecule has 148 valence electrons. The summed E-state index contributed by atoms with van der Waals surface area (Å²) in [6, 6.07) is 3.09. The van der Waals surface area contributed by atoms with Gasteiger partial charge in [0, 0.05) is 5.92 Å². The van der Waals surface area contributed by atoms with Gasteiger partial charge in [0.15, 0.2) is 0 Å². The van der Waals surface area contributed by atoms with Crippen LogP contribution in [-0.2, 0) is 20.9 Å². The molecule has 1 aromatic rings. The fourth-order valence-electron chi connectivity index (χ4n) is 4.88.